The van der Waals surface area contributed by atoms with Gasteiger partial charge in [-0.1, -0.05) is 19.1 Å². The van der Waals surface area contributed by atoms with Crippen molar-refractivity contribution in [2.24, 2.45) is 0 Å². The van der Waals surface area contributed by atoms with E-state index in [1.165, 1.54) is 19.2 Å². The van der Waals surface area contributed by atoms with Gasteiger partial charge < -0.3 is 0 Å². The summed E-state index contributed by atoms with van der Waals surface area (Å²) in [5, 5.41) is 3.85. The Labute approximate surface area is 152 Å². The molecule has 1 atom stereocenters. The fraction of sp³-hybridized carbons (Fsp3) is 0.250. The van der Waals surface area contributed by atoms with Crippen LogP contribution in [0.5, 0.6) is 0 Å². The molecular formula is C16H14F4N4O2S. The fourth-order valence-electron chi connectivity index (χ4n) is 2.72. The van der Waals surface area contributed by atoms with E-state index < -0.39 is 39.5 Å². The van der Waals surface area contributed by atoms with Crippen molar-refractivity contribution >= 4 is 15.7 Å². The summed E-state index contributed by atoms with van der Waals surface area (Å²) >= 11 is 0. The van der Waals surface area contributed by atoms with Gasteiger partial charge in [-0.2, -0.15) is 22.6 Å². The second-order valence-corrected chi connectivity index (χ2v) is 7.52. The molecule has 1 aromatic carbocycles. The van der Waals surface area contributed by atoms with Crippen LogP contribution >= 0.6 is 0 Å². The first kappa shape index (κ1) is 19.2. The number of benzene rings is 1. The lowest BCUT2D eigenvalue weighted by atomic mass is 10.1. The Morgan fingerprint density at radius 3 is 2.44 bits per heavy atom. The molecule has 0 unspecified atom stereocenters. The Morgan fingerprint density at radius 2 is 1.85 bits per heavy atom. The number of halogens is 4. The van der Waals surface area contributed by atoms with Gasteiger partial charge in [0.2, 0.25) is 10.0 Å². The molecule has 11 heteroatoms. The van der Waals surface area contributed by atoms with Crippen molar-refractivity contribution in [3.63, 3.8) is 0 Å². The molecule has 2 heterocycles. The Balaban J connectivity index is 2.11. The second-order valence-electron chi connectivity index (χ2n) is 5.63. The van der Waals surface area contributed by atoms with Crippen molar-refractivity contribution in [1.29, 1.82) is 0 Å². The predicted octanol–water partition coefficient (Wildman–Crippen LogP) is 3.18. The second kappa shape index (κ2) is 6.89. The van der Waals surface area contributed by atoms with Crippen molar-refractivity contribution in [3.8, 4) is 0 Å². The zero-order valence-electron chi connectivity index (χ0n) is 13.9. The number of hydrogen-bond acceptors (Lipinski definition) is 4. The summed E-state index contributed by atoms with van der Waals surface area (Å²) in [5.74, 6) is -0.723. The topological polar surface area (TPSA) is 67.6 Å². The first-order chi connectivity index (χ1) is 12.6. The van der Waals surface area contributed by atoms with E-state index in [4.69, 9.17) is 0 Å². The minimum absolute atomic E-state index is 0.312. The first-order valence-corrected chi connectivity index (χ1v) is 9.22. The van der Waals surface area contributed by atoms with Crippen molar-refractivity contribution in [1.82, 2.24) is 18.9 Å². The van der Waals surface area contributed by atoms with Gasteiger partial charge in [0.1, 0.15) is 16.8 Å². The van der Waals surface area contributed by atoms with Crippen LogP contribution in [-0.4, -0.2) is 40.0 Å². The van der Waals surface area contributed by atoms with Gasteiger partial charge in [-0.25, -0.2) is 22.3 Å². The normalized spacial score (nSPS) is 14.0. The molecule has 0 aliphatic heterocycles. The maximum absolute atomic E-state index is 13.8. The Kier molecular flexibility index (Phi) is 4.91. The number of aromatic nitrogens is 3. The highest BCUT2D eigenvalue weighted by molar-refractivity contribution is 7.89. The van der Waals surface area contributed by atoms with Crippen molar-refractivity contribution < 1.29 is 26.0 Å². The molecule has 3 rings (SSSR count). The number of nitrogens with zero attached hydrogens (tertiary/aromatic N) is 4. The summed E-state index contributed by atoms with van der Waals surface area (Å²) in [4.78, 5) is 3.46. The maximum atomic E-state index is 13.8. The third-order valence-corrected chi connectivity index (χ3v) is 5.82. The van der Waals surface area contributed by atoms with Crippen LogP contribution in [-0.2, 0) is 10.0 Å². The standard InChI is InChI=1S/C16H14F4N4O2S/c1-2-24(15(16(18,19)20)11-3-5-12(17)6-4-11)27(25,26)13-9-21-14-7-8-22-23(14)10-13/h3-10,15H,2H2,1H3/t15-/m1/s1. The quantitative estimate of drug-likeness (QED) is 0.615. The molecule has 144 valence electrons. The number of sulfonamides is 1. The number of fused-ring (bicyclic) bond motifs is 1. The molecule has 0 bridgehead atoms. The third-order valence-electron chi connectivity index (χ3n) is 3.93. The highest BCUT2D eigenvalue weighted by Gasteiger charge is 2.48. The highest BCUT2D eigenvalue weighted by Crippen LogP contribution is 2.40. The van der Waals surface area contributed by atoms with Crippen molar-refractivity contribution in [2.45, 2.75) is 24.0 Å². The van der Waals surface area contributed by atoms with Gasteiger partial charge in [-0.3, -0.25) is 0 Å². The van der Waals surface area contributed by atoms with Crippen LogP contribution in [0.3, 0.4) is 0 Å². The van der Waals surface area contributed by atoms with E-state index in [1.807, 2.05) is 0 Å². The van der Waals surface area contributed by atoms with Crippen LogP contribution in [0.1, 0.15) is 18.5 Å². The van der Waals surface area contributed by atoms with E-state index in [0.29, 0.717) is 9.95 Å². The van der Waals surface area contributed by atoms with Gasteiger partial charge in [0.15, 0.2) is 5.65 Å². The van der Waals surface area contributed by atoms with Gasteiger partial charge >= 0.3 is 6.18 Å². The number of hydrogen-bond donors (Lipinski definition) is 0. The first-order valence-electron chi connectivity index (χ1n) is 7.78. The van der Waals surface area contributed by atoms with Gasteiger partial charge in [-0.05, 0) is 17.7 Å². The maximum Gasteiger partial charge on any atom is 0.409 e. The van der Waals surface area contributed by atoms with Crippen LogP contribution in [0.2, 0.25) is 0 Å². The predicted molar refractivity (Wildman–Crippen MR) is 87.7 cm³/mol. The van der Waals surface area contributed by atoms with Gasteiger partial charge in [0, 0.05) is 12.6 Å². The van der Waals surface area contributed by atoms with E-state index in [0.717, 1.165) is 41.2 Å². The minimum atomic E-state index is -4.91. The molecule has 6 nitrogen and oxygen atoms in total. The Morgan fingerprint density at radius 1 is 1.19 bits per heavy atom. The molecule has 0 fully saturated rings. The fourth-order valence-corrected chi connectivity index (χ4v) is 4.26. The SMILES string of the molecule is CCN([C@H](c1ccc(F)cc1)C(F)(F)F)S(=O)(=O)c1cnc2ccnn2c1. The summed E-state index contributed by atoms with van der Waals surface area (Å²) in [6.45, 7) is 0.834. The van der Waals surface area contributed by atoms with Crippen LogP contribution in [0.25, 0.3) is 5.65 Å². The molecule has 0 saturated carbocycles. The van der Waals surface area contributed by atoms with E-state index >= 15 is 0 Å². The zero-order valence-corrected chi connectivity index (χ0v) is 14.7. The largest absolute Gasteiger partial charge is 0.409 e. The molecule has 3 aromatic rings. The summed E-state index contributed by atoms with van der Waals surface area (Å²) in [6, 6.07) is 2.59. The van der Waals surface area contributed by atoms with Crippen molar-refractivity contribution in [2.75, 3.05) is 6.54 Å². The Hall–Kier alpha value is -2.53. The van der Waals surface area contributed by atoms with E-state index in [-0.39, 0.29) is 5.56 Å². The lowest BCUT2D eigenvalue weighted by Crippen LogP contribution is -2.42. The van der Waals surface area contributed by atoms with E-state index in [1.54, 1.807) is 0 Å². The van der Waals surface area contributed by atoms with E-state index in [9.17, 15) is 26.0 Å². The van der Waals surface area contributed by atoms with Crippen LogP contribution in [0.15, 0.2) is 53.8 Å². The average molecular weight is 402 g/mol. The molecule has 0 amide bonds. The average Bonchev–Trinajstić information content (AvgIpc) is 3.07. The minimum Gasteiger partial charge on any atom is -0.236 e. The van der Waals surface area contributed by atoms with Crippen LogP contribution in [0.4, 0.5) is 17.6 Å². The molecular weight excluding hydrogens is 388 g/mol. The summed E-state index contributed by atoms with van der Waals surface area (Å²) in [6.07, 6.45) is -1.46. The van der Waals surface area contributed by atoms with Crippen molar-refractivity contribution in [3.05, 3.63) is 60.3 Å². The molecule has 2 aromatic heterocycles. The monoisotopic (exact) mass is 402 g/mol. The third kappa shape index (κ3) is 3.65. The highest BCUT2D eigenvalue weighted by atomic mass is 32.2. The lowest BCUT2D eigenvalue weighted by molar-refractivity contribution is -0.173. The molecule has 0 aliphatic rings. The molecule has 27 heavy (non-hydrogen) atoms. The summed E-state index contributed by atoms with van der Waals surface area (Å²) in [5.41, 5.74) is -0.0367. The Bertz CT molecular complexity index is 1050. The van der Waals surface area contributed by atoms with Gasteiger partial charge in [0.05, 0.1) is 18.6 Å². The van der Waals surface area contributed by atoms with E-state index in [2.05, 4.69) is 10.1 Å². The molecule has 0 saturated heterocycles. The van der Waals surface area contributed by atoms with Gasteiger partial charge in [-0.15, -0.1) is 0 Å². The molecule has 0 N–H and O–H groups in total. The van der Waals surface area contributed by atoms with Gasteiger partial charge in [0.25, 0.3) is 0 Å². The zero-order chi connectivity index (χ0) is 19.8. The molecule has 0 spiro atoms. The summed E-state index contributed by atoms with van der Waals surface area (Å²) < 4.78 is 81.7. The summed E-state index contributed by atoms with van der Waals surface area (Å²) in [7, 11) is -4.56. The number of rotatable bonds is 5. The smallest absolute Gasteiger partial charge is 0.236 e. The number of alkyl halides is 3. The lowest BCUT2D eigenvalue weighted by Gasteiger charge is -2.31. The molecule has 0 aliphatic carbocycles. The molecule has 0 radical (unpaired) electrons. The van der Waals surface area contributed by atoms with Crippen LogP contribution < -0.4 is 0 Å². The van der Waals surface area contributed by atoms with Crippen LogP contribution in [0, 0.1) is 5.82 Å².